The normalized spacial score (nSPS) is 20.4. The largest absolute Gasteiger partial charge is 0.493 e. The average molecular weight is 390 g/mol. The molecular formula is C18H18N2O4S2. The lowest BCUT2D eigenvalue weighted by Crippen LogP contribution is -2.30. The van der Waals surface area contributed by atoms with Gasteiger partial charge in [-0.3, -0.25) is 0 Å². The summed E-state index contributed by atoms with van der Waals surface area (Å²) in [6, 6.07) is 13.4. The molecule has 6 nitrogen and oxygen atoms in total. The number of rotatable bonds is 4. The highest BCUT2D eigenvalue weighted by molar-refractivity contribution is 8.00. The van der Waals surface area contributed by atoms with Crippen LogP contribution in [-0.2, 0) is 23.2 Å². The van der Waals surface area contributed by atoms with E-state index in [2.05, 4.69) is 11.6 Å². The van der Waals surface area contributed by atoms with Crippen LogP contribution in [0.3, 0.4) is 0 Å². The van der Waals surface area contributed by atoms with E-state index in [0.29, 0.717) is 23.3 Å². The number of hydrogen-bond acceptors (Lipinski definition) is 5. The van der Waals surface area contributed by atoms with Gasteiger partial charge in [0.2, 0.25) is 5.88 Å². The standard InChI is InChI=1S/C18H18N2O4S2/c1-12-7-14-8-15(20-10-18(21)19-26(20,22)23)16(9-17(14)25-12)24-11-13-5-3-2-4-6-13/h2-6,8-10,12,19,21H,7,11H2,1H3. The van der Waals surface area contributed by atoms with Gasteiger partial charge in [0.25, 0.3) is 0 Å². The third kappa shape index (κ3) is 3.22. The molecule has 136 valence electrons. The topological polar surface area (TPSA) is 78.9 Å². The molecule has 0 fully saturated rings. The van der Waals surface area contributed by atoms with Crippen LogP contribution in [0, 0.1) is 0 Å². The summed E-state index contributed by atoms with van der Waals surface area (Å²) < 4.78 is 33.7. The molecule has 0 aromatic heterocycles. The number of ether oxygens (including phenoxy) is 1. The van der Waals surface area contributed by atoms with E-state index in [0.717, 1.165) is 32.9 Å². The van der Waals surface area contributed by atoms with Gasteiger partial charge in [0, 0.05) is 10.1 Å². The summed E-state index contributed by atoms with van der Waals surface area (Å²) in [5, 5.41) is 10.0. The molecule has 2 aromatic carbocycles. The molecule has 2 aliphatic heterocycles. The van der Waals surface area contributed by atoms with Crippen LogP contribution in [0.1, 0.15) is 18.1 Å². The van der Waals surface area contributed by atoms with Crippen molar-refractivity contribution >= 4 is 27.7 Å². The molecule has 0 amide bonds. The number of benzene rings is 2. The predicted octanol–water partition coefficient (Wildman–Crippen LogP) is 3.31. The Balaban J connectivity index is 1.73. The van der Waals surface area contributed by atoms with Crippen molar-refractivity contribution in [1.82, 2.24) is 4.72 Å². The van der Waals surface area contributed by atoms with Crippen molar-refractivity contribution < 1.29 is 18.3 Å². The Morgan fingerprint density at radius 2 is 2.08 bits per heavy atom. The molecule has 8 heteroatoms. The van der Waals surface area contributed by atoms with E-state index >= 15 is 0 Å². The van der Waals surface area contributed by atoms with Crippen LogP contribution in [0.5, 0.6) is 5.75 Å². The monoisotopic (exact) mass is 390 g/mol. The van der Waals surface area contributed by atoms with Gasteiger partial charge < -0.3 is 9.84 Å². The van der Waals surface area contributed by atoms with E-state index in [1.807, 2.05) is 42.5 Å². The maximum absolute atomic E-state index is 12.3. The van der Waals surface area contributed by atoms with Gasteiger partial charge in [-0.15, -0.1) is 11.8 Å². The van der Waals surface area contributed by atoms with Gasteiger partial charge in [-0.05, 0) is 29.7 Å². The molecule has 2 aromatic rings. The fraction of sp³-hybridized carbons (Fsp3) is 0.222. The highest BCUT2D eigenvalue weighted by Crippen LogP contribution is 2.44. The minimum absolute atomic E-state index is 0.323. The summed E-state index contributed by atoms with van der Waals surface area (Å²) in [5.74, 6) is 0.0489. The number of hydrogen-bond donors (Lipinski definition) is 2. The van der Waals surface area contributed by atoms with Crippen molar-refractivity contribution in [2.24, 2.45) is 0 Å². The number of aliphatic hydroxyl groups is 1. The SMILES string of the molecule is CC1Cc2cc(N3C=C(O)NS3(=O)=O)c(OCc3ccccc3)cc2S1. The molecule has 26 heavy (non-hydrogen) atoms. The van der Waals surface area contributed by atoms with Crippen molar-refractivity contribution in [3.63, 3.8) is 0 Å². The first-order valence-corrected chi connectivity index (χ1v) is 10.5. The second-order valence-electron chi connectivity index (χ2n) is 6.25. The average Bonchev–Trinajstić information content (AvgIpc) is 3.09. The zero-order chi connectivity index (χ0) is 18.3. The van der Waals surface area contributed by atoms with Gasteiger partial charge in [0.15, 0.2) is 0 Å². The Hall–Kier alpha value is -2.32. The summed E-state index contributed by atoms with van der Waals surface area (Å²) in [7, 11) is -3.87. The Bertz CT molecular complexity index is 974. The molecule has 2 N–H and O–H groups in total. The highest BCUT2D eigenvalue weighted by atomic mass is 32.2. The maximum Gasteiger partial charge on any atom is 0.330 e. The van der Waals surface area contributed by atoms with Crippen LogP contribution in [0.2, 0.25) is 0 Å². The van der Waals surface area contributed by atoms with Gasteiger partial charge in [0.1, 0.15) is 18.0 Å². The summed E-state index contributed by atoms with van der Waals surface area (Å²) in [5.41, 5.74) is 2.46. The third-order valence-electron chi connectivity index (χ3n) is 4.18. The summed E-state index contributed by atoms with van der Waals surface area (Å²) >= 11 is 1.75. The van der Waals surface area contributed by atoms with Crippen molar-refractivity contribution in [1.29, 1.82) is 0 Å². The molecule has 4 rings (SSSR count). The molecule has 1 atom stereocenters. The van der Waals surface area contributed by atoms with Gasteiger partial charge in [-0.25, -0.2) is 9.03 Å². The predicted molar refractivity (Wildman–Crippen MR) is 101 cm³/mol. The summed E-state index contributed by atoms with van der Waals surface area (Å²) in [4.78, 5) is 1.10. The molecule has 0 spiro atoms. The zero-order valence-corrected chi connectivity index (χ0v) is 15.7. The number of thioether (sulfide) groups is 1. The number of anilines is 1. The molecule has 0 aliphatic carbocycles. The van der Waals surface area contributed by atoms with E-state index in [1.165, 1.54) is 0 Å². The second-order valence-corrected chi connectivity index (χ2v) is 9.28. The van der Waals surface area contributed by atoms with Crippen molar-refractivity contribution in [3.8, 4) is 5.75 Å². The van der Waals surface area contributed by atoms with E-state index < -0.39 is 16.1 Å². The minimum Gasteiger partial charge on any atom is -0.493 e. The van der Waals surface area contributed by atoms with Gasteiger partial charge in [-0.1, -0.05) is 37.3 Å². The first-order chi connectivity index (χ1) is 12.4. The molecular weight excluding hydrogens is 372 g/mol. The molecule has 0 radical (unpaired) electrons. The van der Waals surface area contributed by atoms with Crippen LogP contribution < -0.4 is 13.8 Å². The number of aliphatic hydroxyl groups excluding tert-OH is 1. The molecule has 2 heterocycles. The quantitative estimate of drug-likeness (QED) is 0.837. The fourth-order valence-electron chi connectivity index (χ4n) is 3.04. The zero-order valence-electron chi connectivity index (χ0n) is 14.0. The lowest BCUT2D eigenvalue weighted by atomic mass is 10.1. The van der Waals surface area contributed by atoms with Gasteiger partial charge in [0.05, 0.1) is 6.20 Å². The van der Waals surface area contributed by atoms with Gasteiger partial charge >= 0.3 is 10.2 Å². The Morgan fingerprint density at radius 1 is 1.31 bits per heavy atom. The highest BCUT2D eigenvalue weighted by Gasteiger charge is 2.33. The van der Waals surface area contributed by atoms with Crippen molar-refractivity contribution in [2.75, 3.05) is 4.31 Å². The van der Waals surface area contributed by atoms with Gasteiger partial charge in [-0.2, -0.15) is 8.42 Å². The molecule has 0 bridgehead atoms. The van der Waals surface area contributed by atoms with E-state index in [4.69, 9.17) is 4.74 Å². The van der Waals surface area contributed by atoms with E-state index in [1.54, 1.807) is 11.8 Å². The first-order valence-electron chi connectivity index (χ1n) is 8.15. The number of nitrogens with zero attached hydrogens (tertiary/aromatic N) is 1. The fourth-order valence-corrected chi connectivity index (χ4v) is 5.26. The molecule has 2 aliphatic rings. The number of fused-ring (bicyclic) bond motifs is 1. The van der Waals surface area contributed by atoms with Crippen molar-refractivity contribution in [2.45, 2.75) is 30.1 Å². The third-order valence-corrected chi connectivity index (χ3v) is 6.67. The van der Waals surface area contributed by atoms with E-state index in [9.17, 15) is 13.5 Å². The maximum atomic E-state index is 12.3. The van der Waals surface area contributed by atoms with Crippen LogP contribution >= 0.6 is 11.8 Å². The van der Waals surface area contributed by atoms with Crippen LogP contribution in [0.4, 0.5) is 5.69 Å². The summed E-state index contributed by atoms with van der Waals surface area (Å²) in [6.07, 6.45) is 2.01. The van der Waals surface area contributed by atoms with Crippen LogP contribution in [0.15, 0.2) is 59.4 Å². The molecule has 0 saturated heterocycles. The second kappa shape index (κ2) is 6.44. The summed E-state index contributed by atoms with van der Waals surface area (Å²) in [6.45, 7) is 2.46. The molecule has 0 saturated carbocycles. The lowest BCUT2D eigenvalue weighted by Gasteiger charge is -2.20. The Kier molecular flexibility index (Phi) is 4.24. The Morgan fingerprint density at radius 3 is 2.77 bits per heavy atom. The smallest absolute Gasteiger partial charge is 0.330 e. The lowest BCUT2D eigenvalue weighted by molar-refractivity contribution is 0.306. The first kappa shape index (κ1) is 17.1. The van der Waals surface area contributed by atoms with Crippen LogP contribution in [-0.4, -0.2) is 18.8 Å². The number of nitrogens with one attached hydrogen (secondary N) is 1. The van der Waals surface area contributed by atoms with Crippen molar-refractivity contribution in [3.05, 3.63) is 65.7 Å². The molecule has 1 unspecified atom stereocenters. The minimum atomic E-state index is -3.87. The Labute approximate surface area is 156 Å². The van der Waals surface area contributed by atoms with Crippen LogP contribution in [0.25, 0.3) is 0 Å². The van der Waals surface area contributed by atoms with E-state index in [-0.39, 0.29) is 0 Å².